The molecule has 0 fully saturated rings. The Morgan fingerprint density at radius 2 is 0.904 bits per heavy atom. The fraction of sp³-hybridized carbons (Fsp3) is 0.909. The van der Waals surface area contributed by atoms with Crippen molar-refractivity contribution in [3.63, 3.8) is 0 Å². The molecule has 0 heterocycles. The second-order valence-electron chi connectivity index (χ2n) is 17.8. The van der Waals surface area contributed by atoms with E-state index in [4.69, 9.17) is 19.7 Å². The van der Waals surface area contributed by atoms with Gasteiger partial charge in [0.25, 0.3) is 0 Å². The van der Waals surface area contributed by atoms with Crippen LogP contribution in [0.4, 0.5) is 0 Å². The van der Waals surface area contributed by atoms with Crippen LogP contribution in [0.1, 0.15) is 199 Å². The molecule has 52 heavy (non-hydrogen) atoms. The molecule has 8 heteroatoms. The zero-order valence-electron chi connectivity index (χ0n) is 36.2. The predicted molar refractivity (Wildman–Crippen MR) is 214 cm³/mol. The molecular formula is C44H84O8. The Morgan fingerprint density at radius 3 is 1.17 bits per heavy atom. The Hall–Kier alpha value is -2.12. The third-order valence-corrected chi connectivity index (χ3v) is 10.6. The van der Waals surface area contributed by atoms with Crippen LogP contribution in [-0.4, -0.2) is 47.3 Å². The maximum atomic E-state index is 14.2. The summed E-state index contributed by atoms with van der Waals surface area (Å²) in [4.78, 5) is 49.4. The minimum Gasteiger partial charge on any atom is -0.481 e. The second kappa shape index (κ2) is 27.5. The lowest BCUT2D eigenvalue weighted by atomic mass is 9.54. The normalized spacial score (nSPS) is 14.3. The quantitative estimate of drug-likeness (QED) is 0.0573. The number of esters is 2. The summed E-state index contributed by atoms with van der Waals surface area (Å²) in [6.07, 6.45) is 17.5. The van der Waals surface area contributed by atoms with Gasteiger partial charge < -0.3 is 19.7 Å². The standard InChI is InChI=1S/C36H70O4.C8H14O4/c1-11-13-14-15-16-17-18-19-20-21-22-23-24-35(12-2,33(37)39-27-31(7)8)36(25-29(3)4,26-30(5)6)34(38)40-28-32(9)10;1-5(2)8(3,7(11)12)4-6(9)10/h29-32H,11-28H2,1-10H3;5H,4H2,1-3H3,(H,9,10)(H,11,12). The summed E-state index contributed by atoms with van der Waals surface area (Å²) in [7, 11) is 0. The van der Waals surface area contributed by atoms with E-state index in [-0.39, 0.29) is 47.9 Å². The van der Waals surface area contributed by atoms with Crippen LogP contribution in [0.5, 0.6) is 0 Å². The Morgan fingerprint density at radius 1 is 0.538 bits per heavy atom. The van der Waals surface area contributed by atoms with Crippen LogP contribution in [-0.2, 0) is 28.7 Å². The van der Waals surface area contributed by atoms with Crippen LogP contribution in [0.3, 0.4) is 0 Å². The fourth-order valence-electron chi connectivity index (χ4n) is 7.30. The van der Waals surface area contributed by atoms with Gasteiger partial charge in [-0.1, -0.05) is 160 Å². The predicted octanol–water partition coefficient (Wildman–Crippen LogP) is 12.2. The Balaban J connectivity index is 0. The van der Waals surface area contributed by atoms with Crippen molar-refractivity contribution in [3.8, 4) is 0 Å². The summed E-state index contributed by atoms with van der Waals surface area (Å²) in [6.45, 7) is 26.9. The molecule has 0 aliphatic heterocycles. The van der Waals surface area contributed by atoms with Crippen molar-refractivity contribution in [1.29, 1.82) is 0 Å². The van der Waals surface area contributed by atoms with Crippen molar-refractivity contribution < 1.29 is 38.9 Å². The van der Waals surface area contributed by atoms with E-state index in [1.165, 1.54) is 71.1 Å². The molecule has 0 saturated heterocycles. The summed E-state index contributed by atoms with van der Waals surface area (Å²) < 4.78 is 12.0. The largest absolute Gasteiger partial charge is 0.481 e. The van der Waals surface area contributed by atoms with Crippen LogP contribution in [0, 0.1) is 45.8 Å². The maximum Gasteiger partial charge on any atom is 0.313 e. The molecule has 0 aliphatic rings. The van der Waals surface area contributed by atoms with E-state index in [9.17, 15) is 19.2 Å². The van der Waals surface area contributed by atoms with E-state index in [1.54, 1.807) is 13.8 Å². The molecule has 8 nitrogen and oxygen atoms in total. The number of ether oxygens (including phenoxy) is 2. The van der Waals surface area contributed by atoms with E-state index in [1.807, 2.05) is 0 Å². The van der Waals surface area contributed by atoms with E-state index in [2.05, 4.69) is 69.2 Å². The number of carboxylic acids is 2. The fourth-order valence-corrected chi connectivity index (χ4v) is 7.30. The zero-order chi connectivity index (χ0) is 40.5. The van der Waals surface area contributed by atoms with Crippen LogP contribution in [0.15, 0.2) is 0 Å². The highest BCUT2D eigenvalue weighted by Crippen LogP contribution is 2.55. The first-order valence-corrected chi connectivity index (χ1v) is 21.0. The number of unbranched alkanes of at least 4 members (excludes halogenated alkanes) is 11. The van der Waals surface area contributed by atoms with Gasteiger partial charge in [-0.05, 0) is 62.2 Å². The average molecular weight is 741 g/mol. The van der Waals surface area contributed by atoms with Gasteiger partial charge in [-0.2, -0.15) is 0 Å². The van der Waals surface area contributed by atoms with Crippen molar-refractivity contribution >= 4 is 23.9 Å². The summed E-state index contributed by atoms with van der Waals surface area (Å²) in [5, 5.41) is 17.3. The van der Waals surface area contributed by atoms with E-state index < -0.39 is 28.2 Å². The van der Waals surface area contributed by atoms with Gasteiger partial charge >= 0.3 is 23.9 Å². The summed E-state index contributed by atoms with van der Waals surface area (Å²) in [6, 6.07) is 0. The van der Waals surface area contributed by atoms with E-state index >= 15 is 0 Å². The second-order valence-corrected chi connectivity index (χ2v) is 17.8. The van der Waals surface area contributed by atoms with Crippen LogP contribution in [0.2, 0.25) is 0 Å². The SMILES string of the molecule is CC(C)C(C)(CC(=O)O)C(=O)O.CCCCCCCCCCCCCCC(CC)(C(=O)OCC(C)C)C(CC(C)C)(CC(C)C)C(=O)OCC(C)C. The Kier molecular flexibility index (Phi) is 27.5. The average Bonchev–Trinajstić information content (AvgIpc) is 3.03. The van der Waals surface area contributed by atoms with Crippen LogP contribution >= 0.6 is 0 Å². The van der Waals surface area contributed by atoms with Gasteiger partial charge in [0.15, 0.2) is 0 Å². The number of rotatable bonds is 29. The number of carboxylic acid groups (broad SMARTS) is 2. The lowest BCUT2D eigenvalue weighted by Crippen LogP contribution is -2.55. The minimum absolute atomic E-state index is 0.186. The van der Waals surface area contributed by atoms with Crippen molar-refractivity contribution in [2.24, 2.45) is 45.8 Å². The molecule has 0 spiro atoms. The third-order valence-electron chi connectivity index (χ3n) is 10.6. The Labute approximate surface area is 320 Å². The lowest BCUT2D eigenvalue weighted by molar-refractivity contribution is -0.189. The molecule has 0 rings (SSSR count). The van der Waals surface area contributed by atoms with Crippen LogP contribution < -0.4 is 0 Å². The zero-order valence-corrected chi connectivity index (χ0v) is 36.2. The van der Waals surface area contributed by atoms with Gasteiger partial charge in [0.1, 0.15) is 0 Å². The number of hydrogen-bond acceptors (Lipinski definition) is 6. The molecule has 0 aromatic rings. The van der Waals surface area contributed by atoms with E-state index in [0.717, 1.165) is 12.8 Å². The van der Waals surface area contributed by atoms with Gasteiger partial charge in [-0.15, -0.1) is 0 Å². The minimum atomic E-state index is -1.16. The highest BCUT2D eigenvalue weighted by atomic mass is 16.5. The third kappa shape index (κ3) is 19.3. The molecule has 2 unspecified atom stereocenters. The first-order valence-electron chi connectivity index (χ1n) is 21.0. The molecule has 0 aromatic carbocycles. The molecule has 0 bridgehead atoms. The molecule has 2 atom stereocenters. The van der Waals surface area contributed by atoms with Gasteiger partial charge in [-0.25, -0.2) is 0 Å². The number of carbonyl (C=O) groups is 4. The van der Waals surface area contributed by atoms with Crippen molar-refractivity contribution in [2.75, 3.05) is 13.2 Å². The highest BCUT2D eigenvalue weighted by molar-refractivity contribution is 5.88. The molecular weight excluding hydrogens is 656 g/mol. The number of carbonyl (C=O) groups excluding carboxylic acids is 2. The smallest absolute Gasteiger partial charge is 0.313 e. The Bertz CT molecular complexity index is 975. The van der Waals surface area contributed by atoms with Crippen molar-refractivity contribution in [2.45, 2.75) is 199 Å². The monoisotopic (exact) mass is 741 g/mol. The lowest BCUT2D eigenvalue weighted by Gasteiger charge is -2.49. The van der Waals surface area contributed by atoms with Gasteiger partial charge in [-0.3, -0.25) is 19.2 Å². The first kappa shape index (κ1) is 52.0. The van der Waals surface area contributed by atoms with Gasteiger partial charge in [0.05, 0.1) is 35.9 Å². The highest BCUT2D eigenvalue weighted by Gasteiger charge is 2.61. The van der Waals surface area contributed by atoms with Crippen LogP contribution in [0.25, 0.3) is 0 Å². The van der Waals surface area contributed by atoms with Crippen molar-refractivity contribution in [1.82, 2.24) is 0 Å². The molecule has 0 aromatic heterocycles. The first-order chi connectivity index (χ1) is 24.2. The number of aliphatic carboxylic acids is 2. The molecule has 0 aliphatic carbocycles. The van der Waals surface area contributed by atoms with Gasteiger partial charge in [0, 0.05) is 0 Å². The molecule has 0 radical (unpaired) electrons. The summed E-state index contributed by atoms with van der Waals surface area (Å²) >= 11 is 0. The van der Waals surface area contributed by atoms with Crippen molar-refractivity contribution in [3.05, 3.63) is 0 Å². The summed E-state index contributed by atoms with van der Waals surface area (Å²) in [5.41, 5.74) is -2.92. The molecule has 2 N–H and O–H groups in total. The topological polar surface area (TPSA) is 127 Å². The molecule has 308 valence electrons. The van der Waals surface area contributed by atoms with Gasteiger partial charge in [0.2, 0.25) is 0 Å². The molecule has 0 amide bonds. The number of hydrogen-bond donors (Lipinski definition) is 2. The summed E-state index contributed by atoms with van der Waals surface area (Å²) in [5.74, 6) is -1.67. The maximum absolute atomic E-state index is 14.2. The van der Waals surface area contributed by atoms with E-state index in [0.29, 0.717) is 38.9 Å². The molecule has 0 saturated carbocycles.